The highest BCUT2D eigenvalue weighted by molar-refractivity contribution is 5.94. The van der Waals surface area contributed by atoms with E-state index in [4.69, 9.17) is 0 Å². The van der Waals surface area contributed by atoms with Gasteiger partial charge in [-0.05, 0) is 12.1 Å². The van der Waals surface area contributed by atoms with E-state index >= 15 is 0 Å². The van der Waals surface area contributed by atoms with Crippen LogP contribution in [0.1, 0.15) is 0 Å². The van der Waals surface area contributed by atoms with Gasteiger partial charge in [0.1, 0.15) is 0 Å². The molecular formula is C12H8N4. The average Bonchev–Trinajstić information content (AvgIpc) is 2.72. The van der Waals surface area contributed by atoms with Crippen molar-refractivity contribution in [1.82, 2.24) is 20.7 Å². The third-order valence-corrected chi connectivity index (χ3v) is 2.51. The van der Waals surface area contributed by atoms with Crippen molar-refractivity contribution in [3.05, 3.63) is 42.7 Å². The Morgan fingerprint density at radius 2 is 2.00 bits per heavy atom. The largest absolute Gasteiger partial charge is 0.360 e. The van der Waals surface area contributed by atoms with Gasteiger partial charge in [0.2, 0.25) is 0 Å². The molecule has 0 atom stereocenters. The van der Waals surface area contributed by atoms with E-state index in [1.165, 1.54) is 0 Å². The number of hydrogen-bond acceptors (Lipinski definition) is 2. The van der Waals surface area contributed by atoms with Crippen LogP contribution >= 0.6 is 0 Å². The molecule has 1 N–H and O–H groups in total. The Bertz CT molecular complexity index is 642. The molecule has 0 fully saturated rings. The fraction of sp³-hybridized carbons (Fsp3) is 0. The molecule has 0 bridgehead atoms. The van der Waals surface area contributed by atoms with Crippen molar-refractivity contribution in [2.75, 3.05) is 0 Å². The van der Waals surface area contributed by atoms with E-state index in [1.807, 2.05) is 30.5 Å². The number of benzene rings is 1. The summed E-state index contributed by atoms with van der Waals surface area (Å²) in [5, 5.41) is 1.08. The first kappa shape index (κ1) is 8.91. The van der Waals surface area contributed by atoms with Gasteiger partial charge in [0, 0.05) is 28.9 Å². The van der Waals surface area contributed by atoms with Crippen LogP contribution < -0.4 is 5.73 Å². The maximum Gasteiger partial charge on any atom is 0.269 e. The molecule has 0 saturated carbocycles. The molecule has 0 saturated heterocycles. The molecule has 0 aliphatic rings. The van der Waals surface area contributed by atoms with Gasteiger partial charge >= 0.3 is 0 Å². The highest BCUT2D eigenvalue weighted by Crippen LogP contribution is 2.26. The SMILES string of the molecule is [N]c1nccc(-c2c[nH]c3ccccc23)n1. The molecule has 16 heavy (non-hydrogen) atoms. The van der Waals surface area contributed by atoms with E-state index in [0.717, 1.165) is 16.5 Å². The maximum atomic E-state index is 9.25. The Morgan fingerprint density at radius 3 is 2.88 bits per heavy atom. The molecule has 0 aliphatic carbocycles. The van der Waals surface area contributed by atoms with Crippen molar-refractivity contribution in [3.8, 4) is 11.3 Å². The lowest BCUT2D eigenvalue weighted by Crippen LogP contribution is -1.86. The van der Waals surface area contributed by atoms with E-state index in [1.54, 1.807) is 12.3 Å². The van der Waals surface area contributed by atoms with Gasteiger partial charge in [-0.3, -0.25) is 0 Å². The topological polar surface area (TPSA) is 63.9 Å². The molecular weight excluding hydrogens is 200 g/mol. The van der Waals surface area contributed by atoms with Crippen LogP contribution in [0.4, 0.5) is 5.95 Å². The zero-order valence-corrected chi connectivity index (χ0v) is 8.38. The predicted octanol–water partition coefficient (Wildman–Crippen LogP) is 2.33. The van der Waals surface area contributed by atoms with Crippen LogP contribution in [0.2, 0.25) is 0 Å². The molecule has 0 spiro atoms. The van der Waals surface area contributed by atoms with Crippen molar-refractivity contribution in [2.24, 2.45) is 0 Å². The number of aromatic amines is 1. The summed E-state index contributed by atoms with van der Waals surface area (Å²) in [5.41, 5.74) is 12.0. The highest BCUT2D eigenvalue weighted by atomic mass is 15.0. The van der Waals surface area contributed by atoms with Gasteiger partial charge in [-0.15, -0.1) is 5.73 Å². The normalized spacial score (nSPS) is 10.8. The minimum Gasteiger partial charge on any atom is -0.360 e. The number of nitrogens with one attached hydrogen (secondary N) is 1. The number of rotatable bonds is 1. The molecule has 1 aromatic carbocycles. The first-order valence-electron chi connectivity index (χ1n) is 4.93. The smallest absolute Gasteiger partial charge is 0.269 e. The maximum absolute atomic E-state index is 9.25. The Morgan fingerprint density at radius 1 is 1.12 bits per heavy atom. The lowest BCUT2D eigenvalue weighted by Gasteiger charge is -1.97. The number of fused-ring (bicyclic) bond motifs is 1. The van der Waals surface area contributed by atoms with Gasteiger partial charge < -0.3 is 4.98 Å². The number of H-pyrrole nitrogens is 1. The molecule has 2 heterocycles. The Labute approximate surface area is 92.2 Å². The summed E-state index contributed by atoms with van der Waals surface area (Å²) < 4.78 is 0. The summed E-state index contributed by atoms with van der Waals surface area (Å²) in [6.45, 7) is 0. The van der Waals surface area contributed by atoms with Crippen molar-refractivity contribution < 1.29 is 0 Å². The predicted molar refractivity (Wildman–Crippen MR) is 61.1 cm³/mol. The first-order valence-corrected chi connectivity index (χ1v) is 4.93. The fourth-order valence-corrected chi connectivity index (χ4v) is 1.78. The molecule has 4 heteroatoms. The quantitative estimate of drug-likeness (QED) is 0.667. The summed E-state index contributed by atoms with van der Waals surface area (Å²) in [6.07, 6.45) is 3.42. The monoisotopic (exact) mass is 208 g/mol. The van der Waals surface area contributed by atoms with E-state index in [-0.39, 0.29) is 5.95 Å². The Kier molecular flexibility index (Phi) is 1.86. The average molecular weight is 208 g/mol. The second kappa shape index (κ2) is 3.34. The van der Waals surface area contributed by atoms with Gasteiger partial charge in [-0.25, -0.2) is 9.97 Å². The number of para-hydroxylation sites is 1. The summed E-state index contributed by atoms with van der Waals surface area (Å²) in [7, 11) is 0. The third kappa shape index (κ3) is 1.32. The van der Waals surface area contributed by atoms with E-state index < -0.39 is 0 Å². The minimum absolute atomic E-state index is 0.206. The van der Waals surface area contributed by atoms with Crippen LogP contribution in [0.25, 0.3) is 22.2 Å². The van der Waals surface area contributed by atoms with Crippen molar-refractivity contribution >= 4 is 16.9 Å². The highest BCUT2D eigenvalue weighted by Gasteiger charge is 2.07. The van der Waals surface area contributed by atoms with Crippen LogP contribution in [0, 0.1) is 0 Å². The molecule has 3 aromatic rings. The van der Waals surface area contributed by atoms with Gasteiger partial charge in [-0.1, -0.05) is 18.2 Å². The number of aromatic nitrogens is 3. The van der Waals surface area contributed by atoms with Gasteiger partial charge in [0.25, 0.3) is 5.95 Å². The van der Waals surface area contributed by atoms with E-state index in [2.05, 4.69) is 15.0 Å². The zero-order valence-electron chi connectivity index (χ0n) is 8.38. The summed E-state index contributed by atoms with van der Waals surface area (Å²) in [5.74, 6) is -0.206. The standard InChI is InChI=1S/C12H8N4/c13-12-14-6-5-11(16-12)9-7-15-10-4-2-1-3-8(9)10/h1-7,15H. The molecule has 2 aromatic heterocycles. The third-order valence-electron chi connectivity index (χ3n) is 2.51. The molecule has 4 nitrogen and oxygen atoms in total. The fourth-order valence-electron chi connectivity index (χ4n) is 1.78. The van der Waals surface area contributed by atoms with Gasteiger partial charge in [0.05, 0.1) is 5.69 Å². The van der Waals surface area contributed by atoms with Crippen LogP contribution in [0.3, 0.4) is 0 Å². The minimum atomic E-state index is -0.206. The van der Waals surface area contributed by atoms with Crippen LogP contribution in [0.15, 0.2) is 42.7 Å². The second-order valence-corrected chi connectivity index (χ2v) is 3.49. The molecule has 0 unspecified atom stereocenters. The summed E-state index contributed by atoms with van der Waals surface area (Å²) in [6, 6.07) is 9.73. The molecule has 2 radical (unpaired) electrons. The van der Waals surface area contributed by atoms with Gasteiger partial charge in [-0.2, -0.15) is 0 Å². The van der Waals surface area contributed by atoms with Crippen molar-refractivity contribution in [1.29, 1.82) is 0 Å². The second-order valence-electron chi connectivity index (χ2n) is 3.49. The zero-order chi connectivity index (χ0) is 11.0. The van der Waals surface area contributed by atoms with Crippen LogP contribution in [-0.2, 0) is 0 Å². The Balaban J connectivity index is 2.26. The lowest BCUT2D eigenvalue weighted by molar-refractivity contribution is 1.12. The van der Waals surface area contributed by atoms with Crippen LogP contribution in [-0.4, -0.2) is 15.0 Å². The first-order chi connectivity index (χ1) is 7.84. The summed E-state index contributed by atoms with van der Waals surface area (Å²) >= 11 is 0. The Hall–Kier alpha value is -2.36. The van der Waals surface area contributed by atoms with Crippen LogP contribution in [0.5, 0.6) is 0 Å². The number of nitrogens with zero attached hydrogens (tertiary/aromatic N) is 3. The van der Waals surface area contributed by atoms with Crippen molar-refractivity contribution in [3.63, 3.8) is 0 Å². The lowest BCUT2D eigenvalue weighted by atomic mass is 10.1. The summed E-state index contributed by atoms with van der Waals surface area (Å²) in [4.78, 5) is 10.8. The van der Waals surface area contributed by atoms with E-state index in [0.29, 0.717) is 5.69 Å². The van der Waals surface area contributed by atoms with Gasteiger partial charge in [0.15, 0.2) is 0 Å². The molecule has 0 amide bonds. The number of hydrogen-bond donors (Lipinski definition) is 1. The molecule has 76 valence electrons. The molecule has 3 rings (SSSR count). The van der Waals surface area contributed by atoms with E-state index in [9.17, 15) is 5.73 Å². The van der Waals surface area contributed by atoms with Crippen molar-refractivity contribution in [2.45, 2.75) is 0 Å². The molecule has 0 aliphatic heterocycles.